The van der Waals surface area contributed by atoms with E-state index in [0.717, 1.165) is 27.1 Å². The van der Waals surface area contributed by atoms with E-state index >= 15 is 0 Å². The fourth-order valence-corrected chi connectivity index (χ4v) is 3.39. The number of imidazole rings is 1. The third-order valence-corrected chi connectivity index (χ3v) is 4.83. The van der Waals surface area contributed by atoms with Crippen LogP contribution in [0.1, 0.15) is 25.2 Å². The number of benzene rings is 1. The molecule has 3 heterocycles. The van der Waals surface area contributed by atoms with Crippen LogP contribution in [-0.2, 0) is 6.42 Å². The topological polar surface area (TPSA) is 63.9 Å². The number of nitrogens with one attached hydrogen (secondary N) is 1. The summed E-state index contributed by atoms with van der Waals surface area (Å²) in [5, 5.41) is 0.674. The van der Waals surface area contributed by atoms with E-state index in [4.69, 9.17) is 20.8 Å². The number of hydrogen-bond donors (Lipinski definition) is 1. The molecule has 152 valence electrons. The first-order valence-corrected chi connectivity index (χ1v) is 10.2. The zero-order valence-corrected chi connectivity index (χ0v) is 19.1. The van der Waals surface area contributed by atoms with Gasteiger partial charge in [-0.3, -0.25) is 0 Å². The molecule has 29 heavy (non-hydrogen) atoms. The summed E-state index contributed by atoms with van der Waals surface area (Å²) in [6.45, 7) is 4.89. The maximum absolute atomic E-state index is 6.19. The number of pyridine rings is 1. The van der Waals surface area contributed by atoms with Gasteiger partial charge in [0.2, 0.25) is 0 Å². The number of aromatic nitrogens is 3. The van der Waals surface area contributed by atoms with Gasteiger partial charge >= 0.3 is 0 Å². The number of rotatable bonds is 6. The molecule has 0 aliphatic heterocycles. The number of fused-ring (bicyclic) bond motifs is 1. The Morgan fingerprint density at radius 1 is 1.21 bits per heavy atom. The molecule has 0 radical (unpaired) electrons. The molecule has 0 fully saturated rings. The van der Waals surface area contributed by atoms with Gasteiger partial charge in [0.05, 0.1) is 12.1 Å². The predicted molar refractivity (Wildman–Crippen MR) is 121 cm³/mol. The molecule has 0 spiro atoms. The second-order valence-corrected chi connectivity index (χ2v) is 8.36. The molecule has 3 aromatic heterocycles. The number of H-pyrrole nitrogens is 1. The summed E-state index contributed by atoms with van der Waals surface area (Å²) in [6.07, 6.45) is 2.30. The molecule has 0 bridgehead atoms. The summed E-state index contributed by atoms with van der Waals surface area (Å²) in [6, 6.07) is 11.5. The van der Waals surface area contributed by atoms with Crippen molar-refractivity contribution in [2.45, 2.75) is 20.3 Å². The minimum Gasteiger partial charge on any atom is -0.493 e. The highest BCUT2D eigenvalue weighted by Crippen LogP contribution is 2.29. The first kappa shape index (κ1) is 21.7. The molecule has 4 aromatic rings. The van der Waals surface area contributed by atoms with Crippen LogP contribution in [-0.4, -0.2) is 21.6 Å². The Hall–Kier alpha value is -2.02. The second kappa shape index (κ2) is 9.20. The molecular formula is C21H20BrCl2N3O2. The lowest BCUT2D eigenvalue weighted by Gasteiger charge is -2.13. The number of aromatic amines is 1. The molecule has 4 rings (SSSR count). The van der Waals surface area contributed by atoms with Gasteiger partial charge in [-0.2, -0.15) is 0 Å². The van der Waals surface area contributed by atoms with E-state index < -0.39 is 0 Å². The Balaban J connectivity index is 0.00000240. The highest BCUT2D eigenvalue weighted by molar-refractivity contribution is 9.10. The van der Waals surface area contributed by atoms with Gasteiger partial charge in [0.25, 0.3) is 0 Å². The van der Waals surface area contributed by atoms with Crippen molar-refractivity contribution < 1.29 is 9.15 Å². The quantitative estimate of drug-likeness (QED) is 0.323. The van der Waals surface area contributed by atoms with Crippen LogP contribution >= 0.6 is 39.9 Å². The van der Waals surface area contributed by atoms with Crippen molar-refractivity contribution in [1.29, 1.82) is 0 Å². The molecule has 5 nitrogen and oxygen atoms in total. The number of furan rings is 1. The van der Waals surface area contributed by atoms with E-state index in [0.29, 0.717) is 41.2 Å². The SMILES string of the molecule is CC(C)COc1ccc(Cl)cc1Cc1ccc(-c2nc3ncc(Br)cc3[nH]2)o1.Cl. The molecular weight excluding hydrogens is 477 g/mol. The van der Waals surface area contributed by atoms with Crippen LogP contribution in [0.2, 0.25) is 5.02 Å². The molecule has 0 atom stereocenters. The first-order valence-electron chi connectivity index (χ1n) is 8.99. The van der Waals surface area contributed by atoms with Crippen LogP contribution in [0, 0.1) is 5.92 Å². The fourth-order valence-electron chi connectivity index (χ4n) is 2.86. The predicted octanol–water partition coefficient (Wildman–Crippen LogP) is 6.68. The van der Waals surface area contributed by atoms with Crippen LogP contribution in [0.15, 0.2) is 51.5 Å². The van der Waals surface area contributed by atoms with Gasteiger partial charge in [-0.1, -0.05) is 25.4 Å². The van der Waals surface area contributed by atoms with Crippen LogP contribution < -0.4 is 4.74 Å². The smallest absolute Gasteiger partial charge is 0.178 e. The van der Waals surface area contributed by atoms with Crippen molar-refractivity contribution in [2.24, 2.45) is 5.92 Å². The van der Waals surface area contributed by atoms with E-state index in [2.05, 4.69) is 44.7 Å². The zero-order chi connectivity index (χ0) is 19.7. The minimum atomic E-state index is 0. The molecule has 0 aliphatic rings. The summed E-state index contributed by atoms with van der Waals surface area (Å²) in [5.41, 5.74) is 2.49. The third kappa shape index (κ3) is 5.13. The highest BCUT2D eigenvalue weighted by atomic mass is 79.9. The fraction of sp³-hybridized carbons (Fsp3) is 0.238. The van der Waals surface area contributed by atoms with Gasteiger partial charge in [0.1, 0.15) is 11.5 Å². The normalized spacial score (nSPS) is 11.1. The van der Waals surface area contributed by atoms with E-state index in [-0.39, 0.29) is 12.4 Å². The van der Waals surface area contributed by atoms with E-state index in [1.165, 1.54) is 0 Å². The highest BCUT2D eigenvalue weighted by Gasteiger charge is 2.13. The van der Waals surface area contributed by atoms with Crippen molar-refractivity contribution in [1.82, 2.24) is 15.0 Å². The van der Waals surface area contributed by atoms with Crippen LogP contribution in [0.5, 0.6) is 5.75 Å². The number of nitrogens with zero attached hydrogens (tertiary/aromatic N) is 2. The zero-order valence-electron chi connectivity index (χ0n) is 15.9. The summed E-state index contributed by atoms with van der Waals surface area (Å²) in [5.74, 6) is 3.39. The molecule has 0 saturated carbocycles. The Morgan fingerprint density at radius 3 is 2.83 bits per heavy atom. The summed E-state index contributed by atoms with van der Waals surface area (Å²) in [7, 11) is 0. The van der Waals surface area contributed by atoms with Gasteiger partial charge in [0.15, 0.2) is 17.2 Å². The van der Waals surface area contributed by atoms with Gasteiger partial charge < -0.3 is 14.1 Å². The lowest BCUT2D eigenvalue weighted by Crippen LogP contribution is -2.06. The number of halogens is 3. The molecule has 1 N–H and O–H groups in total. The lowest BCUT2D eigenvalue weighted by atomic mass is 10.1. The van der Waals surface area contributed by atoms with Crippen molar-refractivity contribution in [2.75, 3.05) is 6.61 Å². The third-order valence-electron chi connectivity index (χ3n) is 4.16. The molecule has 1 aromatic carbocycles. The largest absolute Gasteiger partial charge is 0.493 e. The average molecular weight is 497 g/mol. The Morgan fingerprint density at radius 2 is 2.03 bits per heavy atom. The maximum Gasteiger partial charge on any atom is 0.178 e. The minimum absolute atomic E-state index is 0. The Kier molecular flexibility index (Phi) is 6.88. The molecule has 0 saturated heterocycles. The van der Waals surface area contributed by atoms with E-state index in [9.17, 15) is 0 Å². The van der Waals surface area contributed by atoms with Crippen molar-refractivity contribution in [3.63, 3.8) is 0 Å². The summed E-state index contributed by atoms with van der Waals surface area (Å²) < 4.78 is 12.9. The number of ether oxygens (including phenoxy) is 1. The van der Waals surface area contributed by atoms with Crippen molar-refractivity contribution in [3.05, 3.63) is 63.4 Å². The number of hydrogen-bond acceptors (Lipinski definition) is 4. The maximum atomic E-state index is 6.19. The standard InChI is InChI=1S/C21H19BrClN3O2.ClH/c1-12(2)11-27-18-5-3-15(23)7-13(18)8-16-4-6-19(28-16)21-25-17-9-14(22)10-24-20(17)26-21;/h3-7,9-10,12H,8,11H2,1-2H3,(H,24,25,26);1H. The van der Waals surface area contributed by atoms with Crippen LogP contribution in [0.4, 0.5) is 0 Å². The Labute approximate surface area is 188 Å². The van der Waals surface area contributed by atoms with Gasteiger partial charge in [-0.05, 0) is 58.2 Å². The van der Waals surface area contributed by atoms with E-state index in [1.54, 1.807) is 6.20 Å². The monoisotopic (exact) mass is 495 g/mol. The lowest BCUT2D eigenvalue weighted by molar-refractivity contribution is 0.268. The van der Waals surface area contributed by atoms with Gasteiger partial charge in [0, 0.05) is 27.7 Å². The first-order chi connectivity index (χ1) is 13.5. The van der Waals surface area contributed by atoms with E-state index in [1.807, 2.05) is 36.4 Å². The van der Waals surface area contributed by atoms with Crippen molar-refractivity contribution in [3.8, 4) is 17.3 Å². The van der Waals surface area contributed by atoms with Gasteiger partial charge in [-0.25, -0.2) is 9.97 Å². The molecule has 0 aliphatic carbocycles. The molecule has 8 heteroatoms. The molecule has 0 unspecified atom stereocenters. The van der Waals surface area contributed by atoms with Gasteiger partial charge in [-0.15, -0.1) is 12.4 Å². The van der Waals surface area contributed by atoms with Crippen LogP contribution in [0.3, 0.4) is 0 Å². The average Bonchev–Trinajstić information content (AvgIpc) is 3.27. The van der Waals surface area contributed by atoms with Crippen molar-refractivity contribution >= 4 is 51.1 Å². The molecule has 0 amide bonds. The second-order valence-electron chi connectivity index (χ2n) is 7.01. The van der Waals surface area contributed by atoms with Crippen LogP contribution in [0.25, 0.3) is 22.7 Å². The Bertz CT molecular complexity index is 1120. The summed E-state index contributed by atoms with van der Waals surface area (Å²) >= 11 is 9.61. The summed E-state index contributed by atoms with van der Waals surface area (Å²) in [4.78, 5) is 12.0.